The van der Waals surface area contributed by atoms with E-state index >= 15 is 0 Å². The van der Waals surface area contributed by atoms with Crippen LogP contribution in [0.2, 0.25) is 0 Å². The number of nitrogens with zero attached hydrogens (tertiary/aromatic N) is 4. The van der Waals surface area contributed by atoms with Gasteiger partial charge in [0.1, 0.15) is 5.82 Å². The van der Waals surface area contributed by atoms with Gasteiger partial charge in [0, 0.05) is 38.2 Å². The smallest absolute Gasteiger partial charge is 0.251 e. The van der Waals surface area contributed by atoms with Gasteiger partial charge in [0.05, 0.1) is 6.04 Å². The molecule has 0 bridgehead atoms. The van der Waals surface area contributed by atoms with Crippen molar-refractivity contribution in [3.8, 4) is 0 Å². The van der Waals surface area contributed by atoms with E-state index < -0.39 is 0 Å². The summed E-state index contributed by atoms with van der Waals surface area (Å²) in [5.41, 5.74) is 4.10. The maximum Gasteiger partial charge on any atom is 0.251 e. The fraction of sp³-hybridized carbons (Fsp3) is 0.414. The zero-order valence-electron chi connectivity index (χ0n) is 21.4. The van der Waals surface area contributed by atoms with Crippen molar-refractivity contribution < 1.29 is 4.79 Å². The van der Waals surface area contributed by atoms with Crippen molar-refractivity contribution in [3.05, 3.63) is 88.5 Å². The standard InChI is InChI=1S/C29H37N5O/c1-21(2)17-26(30-29(35)25-19-22(3)18-23(4)20-25)28-32-31-27-12-14-33(15-16-34(27)28)13-8-11-24-9-6-5-7-10-24/h5-11,18-21,26H,12-17H2,1-4H3,(H,30,35). The van der Waals surface area contributed by atoms with Gasteiger partial charge in [-0.3, -0.25) is 9.69 Å². The molecule has 1 aliphatic heterocycles. The summed E-state index contributed by atoms with van der Waals surface area (Å²) in [7, 11) is 0. The highest BCUT2D eigenvalue weighted by Gasteiger charge is 2.26. The van der Waals surface area contributed by atoms with E-state index in [1.165, 1.54) is 5.56 Å². The maximum absolute atomic E-state index is 13.2. The number of rotatable bonds is 8. The molecule has 2 heterocycles. The lowest BCUT2D eigenvalue weighted by Crippen LogP contribution is -2.32. The molecule has 1 N–H and O–H groups in total. The fourth-order valence-electron chi connectivity index (χ4n) is 4.78. The SMILES string of the molecule is Cc1cc(C)cc(C(=O)NC(CC(C)C)c2nnc3n2CCN(CC=Cc2ccccc2)CC3)c1. The molecule has 0 saturated heterocycles. The molecular weight excluding hydrogens is 434 g/mol. The van der Waals surface area contributed by atoms with Gasteiger partial charge in [-0.2, -0.15) is 0 Å². The van der Waals surface area contributed by atoms with Crippen LogP contribution in [0.15, 0.2) is 54.6 Å². The van der Waals surface area contributed by atoms with Crippen molar-refractivity contribution in [2.75, 3.05) is 19.6 Å². The summed E-state index contributed by atoms with van der Waals surface area (Å²) in [5, 5.41) is 12.4. The van der Waals surface area contributed by atoms with Gasteiger partial charge in [-0.25, -0.2) is 0 Å². The number of carbonyl (C=O) groups excluding carboxylic acids is 1. The second-order valence-corrected chi connectivity index (χ2v) is 10.0. The van der Waals surface area contributed by atoms with Crippen LogP contribution in [0.25, 0.3) is 6.08 Å². The second-order valence-electron chi connectivity index (χ2n) is 10.0. The Morgan fingerprint density at radius 3 is 2.49 bits per heavy atom. The minimum Gasteiger partial charge on any atom is -0.342 e. The van der Waals surface area contributed by atoms with Gasteiger partial charge in [0.2, 0.25) is 0 Å². The van der Waals surface area contributed by atoms with Gasteiger partial charge in [-0.15, -0.1) is 10.2 Å². The molecule has 0 saturated carbocycles. The zero-order valence-corrected chi connectivity index (χ0v) is 21.4. The minimum atomic E-state index is -0.172. The molecule has 184 valence electrons. The lowest BCUT2D eigenvalue weighted by Gasteiger charge is -2.22. The normalized spacial score (nSPS) is 15.2. The van der Waals surface area contributed by atoms with Gasteiger partial charge in [0.15, 0.2) is 5.82 Å². The number of fused-ring (bicyclic) bond motifs is 1. The van der Waals surface area contributed by atoms with Crippen molar-refractivity contribution in [2.45, 2.75) is 53.1 Å². The molecule has 0 aliphatic carbocycles. The highest BCUT2D eigenvalue weighted by molar-refractivity contribution is 5.94. The van der Waals surface area contributed by atoms with E-state index in [1.54, 1.807) is 0 Å². The molecular formula is C29H37N5O. The van der Waals surface area contributed by atoms with E-state index in [0.29, 0.717) is 11.5 Å². The Balaban J connectivity index is 1.46. The Bertz CT molecular complexity index is 1140. The largest absolute Gasteiger partial charge is 0.342 e. The quantitative estimate of drug-likeness (QED) is 0.503. The van der Waals surface area contributed by atoms with Gasteiger partial charge < -0.3 is 9.88 Å². The predicted molar refractivity (Wildman–Crippen MR) is 141 cm³/mol. The molecule has 0 fully saturated rings. The van der Waals surface area contributed by atoms with E-state index in [1.807, 2.05) is 32.0 Å². The summed E-state index contributed by atoms with van der Waals surface area (Å²) in [6.45, 7) is 12.0. The Kier molecular flexibility index (Phi) is 8.13. The number of carbonyl (C=O) groups is 1. The Morgan fingerprint density at radius 1 is 1.03 bits per heavy atom. The first-order valence-corrected chi connectivity index (χ1v) is 12.6. The summed E-state index contributed by atoms with van der Waals surface area (Å²) in [5.74, 6) is 2.23. The molecule has 3 aromatic rings. The summed E-state index contributed by atoms with van der Waals surface area (Å²) in [4.78, 5) is 15.6. The highest BCUT2D eigenvalue weighted by atomic mass is 16.1. The summed E-state index contributed by atoms with van der Waals surface area (Å²) in [6.07, 6.45) is 6.08. The first-order valence-electron chi connectivity index (χ1n) is 12.6. The molecule has 2 aromatic carbocycles. The number of benzene rings is 2. The molecule has 0 radical (unpaired) electrons. The van der Waals surface area contributed by atoms with Crippen LogP contribution < -0.4 is 5.32 Å². The van der Waals surface area contributed by atoms with Gasteiger partial charge in [-0.05, 0) is 43.9 Å². The third-order valence-corrected chi connectivity index (χ3v) is 6.43. The van der Waals surface area contributed by atoms with E-state index in [0.717, 1.165) is 61.8 Å². The minimum absolute atomic E-state index is 0.0545. The molecule has 0 spiro atoms. The third-order valence-electron chi connectivity index (χ3n) is 6.43. The summed E-state index contributed by atoms with van der Waals surface area (Å²) >= 11 is 0. The number of hydrogen-bond donors (Lipinski definition) is 1. The van der Waals surface area contributed by atoms with Gasteiger partial charge in [-0.1, -0.05) is 73.5 Å². The van der Waals surface area contributed by atoms with Crippen LogP contribution in [0.3, 0.4) is 0 Å². The van der Waals surface area contributed by atoms with Gasteiger partial charge >= 0.3 is 0 Å². The van der Waals surface area contributed by atoms with Crippen molar-refractivity contribution in [2.24, 2.45) is 5.92 Å². The first-order chi connectivity index (χ1) is 16.9. The Hall–Kier alpha value is -3.25. The number of aromatic nitrogens is 3. The van der Waals surface area contributed by atoms with Crippen molar-refractivity contribution >= 4 is 12.0 Å². The summed E-state index contributed by atoms with van der Waals surface area (Å²) in [6, 6.07) is 16.2. The Labute approximate surface area is 209 Å². The maximum atomic E-state index is 13.2. The molecule has 4 rings (SSSR count). The molecule has 1 atom stereocenters. The van der Waals surface area contributed by atoms with Crippen LogP contribution in [0.5, 0.6) is 0 Å². The van der Waals surface area contributed by atoms with Crippen molar-refractivity contribution in [3.63, 3.8) is 0 Å². The zero-order chi connectivity index (χ0) is 24.8. The molecule has 1 amide bonds. The molecule has 1 aromatic heterocycles. The average molecular weight is 472 g/mol. The van der Waals surface area contributed by atoms with Crippen LogP contribution in [-0.4, -0.2) is 45.2 Å². The lowest BCUT2D eigenvalue weighted by molar-refractivity contribution is 0.0928. The monoisotopic (exact) mass is 471 g/mol. The molecule has 6 nitrogen and oxygen atoms in total. The number of hydrogen-bond acceptors (Lipinski definition) is 4. The predicted octanol–water partition coefficient (Wildman–Crippen LogP) is 4.98. The lowest BCUT2D eigenvalue weighted by atomic mass is 10.0. The van der Waals surface area contributed by atoms with E-state index in [9.17, 15) is 4.79 Å². The van der Waals surface area contributed by atoms with E-state index in [4.69, 9.17) is 0 Å². The molecule has 1 unspecified atom stereocenters. The number of amides is 1. The highest BCUT2D eigenvalue weighted by Crippen LogP contribution is 2.23. The van der Waals surface area contributed by atoms with Crippen molar-refractivity contribution in [1.82, 2.24) is 25.0 Å². The first kappa shape index (κ1) is 24.9. The number of aryl methyl sites for hydroxylation is 2. The van der Waals surface area contributed by atoms with E-state index in [-0.39, 0.29) is 11.9 Å². The molecule has 1 aliphatic rings. The van der Waals surface area contributed by atoms with Crippen LogP contribution in [0.4, 0.5) is 0 Å². The molecule has 6 heteroatoms. The van der Waals surface area contributed by atoms with E-state index in [2.05, 4.69) is 81.3 Å². The average Bonchev–Trinajstić information content (AvgIpc) is 3.12. The van der Waals surface area contributed by atoms with Gasteiger partial charge in [0.25, 0.3) is 5.91 Å². The third kappa shape index (κ3) is 6.67. The topological polar surface area (TPSA) is 63.1 Å². The number of nitrogens with one attached hydrogen (secondary N) is 1. The van der Waals surface area contributed by atoms with Crippen LogP contribution in [0.1, 0.15) is 65.0 Å². The second kappa shape index (κ2) is 11.5. The van der Waals surface area contributed by atoms with Crippen LogP contribution in [-0.2, 0) is 13.0 Å². The van der Waals surface area contributed by atoms with Crippen molar-refractivity contribution in [1.29, 1.82) is 0 Å². The summed E-state index contributed by atoms with van der Waals surface area (Å²) < 4.78 is 2.23. The molecule has 35 heavy (non-hydrogen) atoms. The van der Waals surface area contributed by atoms with Crippen LogP contribution >= 0.6 is 0 Å². The van der Waals surface area contributed by atoms with Crippen LogP contribution in [0, 0.1) is 19.8 Å². The fourth-order valence-corrected chi connectivity index (χ4v) is 4.78. The Morgan fingerprint density at radius 2 is 1.77 bits per heavy atom.